The van der Waals surface area contributed by atoms with Crippen LogP contribution in [0.2, 0.25) is 0 Å². The summed E-state index contributed by atoms with van der Waals surface area (Å²) in [5.41, 5.74) is 0. The molecule has 6 heavy (non-hydrogen) atoms. The third-order valence-electron chi connectivity index (χ3n) is 0.319. The van der Waals surface area contributed by atoms with E-state index in [0.717, 1.165) is 5.75 Å². The Balaban J connectivity index is 2.00. The van der Waals surface area contributed by atoms with Gasteiger partial charge in [-0.25, -0.2) is 4.89 Å². The number of hydrogen-bond acceptors (Lipinski definition) is 4. The molecule has 1 fully saturated rings. The molecular weight excluding hydrogens is 120 g/mol. The molecule has 0 aromatic rings. The lowest BCUT2D eigenvalue weighted by Gasteiger charge is -2.03. The van der Waals surface area contributed by atoms with Crippen molar-refractivity contribution >= 4 is 21.9 Å². The summed E-state index contributed by atoms with van der Waals surface area (Å²) in [7, 11) is 1.61. The minimum Gasteiger partial charge on any atom is -0.216 e. The van der Waals surface area contributed by atoms with Crippen molar-refractivity contribution in [3.05, 3.63) is 6.61 Å². The maximum absolute atomic E-state index is 4.39. The SMILES string of the molecule is [CH]1CSSOO1. The summed E-state index contributed by atoms with van der Waals surface area (Å²) in [4.78, 5) is 4.39. The van der Waals surface area contributed by atoms with E-state index in [-0.39, 0.29) is 0 Å². The van der Waals surface area contributed by atoms with Gasteiger partial charge in [0.1, 0.15) is 17.7 Å². The molecule has 0 spiro atoms. The van der Waals surface area contributed by atoms with Crippen LogP contribution in [0.3, 0.4) is 0 Å². The first kappa shape index (κ1) is 4.77. The third-order valence-corrected chi connectivity index (χ3v) is 1.69. The van der Waals surface area contributed by atoms with Gasteiger partial charge in [-0.15, -0.1) is 0 Å². The average Bonchev–Trinajstić information content (AvgIpc) is 1.72. The summed E-state index contributed by atoms with van der Waals surface area (Å²) in [6.45, 7) is 1.61. The molecule has 2 nitrogen and oxygen atoms in total. The van der Waals surface area contributed by atoms with Crippen LogP contribution in [-0.2, 0) is 9.22 Å². The Morgan fingerprint density at radius 1 is 1.67 bits per heavy atom. The summed E-state index contributed by atoms with van der Waals surface area (Å²) in [6, 6.07) is 0. The highest BCUT2D eigenvalue weighted by molar-refractivity contribution is 8.74. The average molecular weight is 123 g/mol. The smallest absolute Gasteiger partial charge is 0.134 e. The Bertz CT molecular complexity index is 25.0. The predicted octanol–water partition coefficient (Wildman–Crippen LogP) is 1.41. The molecule has 1 radical (unpaired) electrons. The second-order valence-electron chi connectivity index (χ2n) is 0.683. The molecule has 0 aromatic carbocycles. The summed E-state index contributed by atoms with van der Waals surface area (Å²) in [6.07, 6.45) is 0. The van der Waals surface area contributed by atoms with E-state index in [1.54, 1.807) is 17.4 Å². The first-order chi connectivity index (χ1) is 3.00. The van der Waals surface area contributed by atoms with Crippen LogP contribution >= 0.6 is 21.9 Å². The van der Waals surface area contributed by atoms with Crippen molar-refractivity contribution in [1.82, 2.24) is 0 Å². The lowest BCUT2D eigenvalue weighted by Crippen LogP contribution is -1.89. The molecule has 35 valence electrons. The fraction of sp³-hybridized carbons (Fsp3) is 0.500. The van der Waals surface area contributed by atoms with Crippen LogP contribution in [0.25, 0.3) is 0 Å². The summed E-state index contributed by atoms with van der Waals surface area (Å²) in [5.74, 6) is 0.907. The second-order valence-corrected chi connectivity index (χ2v) is 2.64. The van der Waals surface area contributed by atoms with Crippen LogP contribution in [0.5, 0.6) is 0 Å². The zero-order valence-electron chi connectivity index (χ0n) is 2.92. The summed E-state index contributed by atoms with van der Waals surface area (Å²) in [5, 5.41) is 0. The maximum atomic E-state index is 4.39. The molecule has 1 heterocycles. The zero-order valence-corrected chi connectivity index (χ0v) is 4.55. The molecular formula is C2H3O2S2. The van der Waals surface area contributed by atoms with Crippen LogP contribution in [0.4, 0.5) is 0 Å². The lowest BCUT2D eigenvalue weighted by molar-refractivity contribution is -0.152. The Kier molecular flexibility index (Phi) is 2.18. The first-order valence-corrected chi connectivity index (χ1v) is 3.68. The van der Waals surface area contributed by atoms with E-state index in [1.165, 1.54) is 11.1 Å². The van der Waals surface area contributed by atoms with Gasteiger partial charge in [0.15, 0.2) is 0 Å². The molecule has 1 rings (SSSR count). The van der Waals surface area contributed by atoms with Gasteiger partial charge >= 0.3 is 0 Å². The molecule has 1 aliphatic rings. The van der Waals surface area contributed by atoms with Crippen LogP contribution in [-0.4, -0.2) is 5.75 Å². The molecule has 1 saturated heterocycles. The van der Waals surface area contributed by atoms with Crippen LogP contribution in [0.15, 0.2) is 0 Å². The van der Waals surface area contributed by atoms with Crippen LogP contribution in [0, 0.1) is 6.61 Å². The molecule has 0 N–H and O–H groups in total. The molecule has 0 atom stereocenters. The fourth-order valence-electron chi connectivity index (χ4n) is 0.147. The van der Waals surface area contributed by atoms with Crippen molar-refractivity contribution < 1.29 is 9.22 Å². The maximum Gasteiger partial charge on any atom is 0.134 e. The van der Waals surface area contributed by atoms with Gasteiger partial charge < -0.3 is 0 Å². The quantitative estimate of drug-likeness (QED) is 0.275. The van der Waals surface area contributed by atoms with E-state index >= 15 is 0 Å². The highest BCUT2D eigenvalue weighted by Gasteiger charge is 1.99. The standard InChI is InChI=1S/C2H3O2S2/c1-2-5-6-4-3-1/h1H,2H2. The molecule has 0 bridgehead atoms. The van der Waals surface area contributed by atoms with Gasteiger partial charge in [-0.2, -0.15) is 4.33 Å². The van der Waals surface area contributed by atoms with Crippen molar-refractivity contribution in [2.75, 3.05) is 5.75 Å². The third kappa shape index (κ3) is 1.38. The largest absolute Gasteiger partial charge is 0.216 e. The molecule has 1 aliphatic heterocycles. The van der Waals surface area contributed by atoms with Crippen LogP contribution < -0.4 is 0 Å². The van der Waals surface area contributed by atoms with Crippen LogP contribution in [0.1, 0.15) is 0 Å². The van der Waals surface area contributed by atoms with Gasteiger partial charge in [-0.1, -0.05) is 10.8 Å². The molecule has 4 heteroatoms. The Morgan fingerprint density at radius 3 is 2.83 bits per heavy atom. The topological polar surface area (TPSA) is 18.5 Å². The van der Waals surface area contributed by atoms with E-state index < -0.39 is 0 Å². The molecule has 0 aliphatic carbocycles. The van der Waals surface area contributed by atoms with E-state index in [9.17, 15) is 0 Å². The van der Waals surface area contributed by atoms with E-state index in [1.807, 2.05) is 0 Å². The van der Waals surface area contributed by atoms with Crippen molar-refractivity contribution in [1.29, 1.82) is 0 Å². The van der Waals surface area contributed by atoms with Crippen molar-refractivity contribution in [3.8, 4) is 0 Å². The monoisotopic (exact) mass is 123 g/mol. The minimum absolute atomic E-state index is 0.907. The van der Waals surface area contributed by atoms with Crippen molar-refractivity contribution in [2.24, 2.45) is 0 Å². The zero-order chi connectivity index (χ0) is 4.24. The Hall–Kier alpha value is 0.620. The lowest BCUT2D eigenvalue weighted by atomic mass is 10.9. The number of hydrogen-bond donors (Lipinski definition) is 0. The Labute approximate surface area is 44.1 Å². The van der Waals surface area contributed by atoms with E-state index in [4.69, 9.17) is 0 Å². The van der Waals surface area contributed by atoms with Gasteiger partial charge in [0.05, 0.1) is 0 Å². The highest BCUT2D eigenvalue weighted by Crippen LogP contribution is 2.27. The minimum atomic E-state index is 0.907. The molecule has 0 saturated carbocycles. The summed E-state index contributed by atoms with van der Waals surface area (Å²) >= 11 is 1.26. The fourth-order valence-corrected chi connectivity index (χ4v) is 0.988. The van der Waals surface area contributed by atoms with Crippen molar-refractivity contribution in [2.45, 2.75) is 0 Å². The van der Waals surface area contributed by atoms with Gasteiger partial charge in [0, 0.05) is 5.75 Å². The first-order valence-electron chi connectivity index (χ1n) is 1.43. The Morgan fingerprint density at radius 2 is 2.67 bits per heavy atom. The van der Waals surface area contributed by atoms with Gasteiger partial charge in [0.2, 0.25) is 0 Å². The normalized spacial score (nSPS) is 24.0. The van der Waals surface area contributed by atoms with E-state index in [2.05, 4.69) is 9.22 Å². The summed E-state index contributed by atoms with van der Waals surface area (Å²) < 4.78 is 4.39. The predicted molar refractivity (Wildman–Crippen MR) is 26.5 cm³/mol. The molecule has 0 unspecified atom stereocenters. The van der Waals surface area contributed by atoms with Gasteiger partial charge in [-0.3, -0.25) is 0 Å². The molecule has 0 aromatic heterocycles. The van der Waals surface area contributed by atoms with Gasteiger partial charge in [-0.05, 0) is 0 Å². The second kappa shape index (κ2) is 2.74. The van der Waals surface area contributed by atoms with Crippen molar-refractivity contribution in [3.63, 3.8) is 0 Å². The molecule has 0 amide bonds. The highest BCUT2D eigenvalue weighted by atomic mass is 33.1. The van der Waals surface area contributed by atoms with E-state index in [0.29, 0.717) is 0 Å². The number of rotatable bonds is 0. The van der Waals surface area contributed by atoms with Gasteiger partial charge in [0.25, 0.3) is 0 Å².